The first-order chi connectivity index (χ1) is 9.50. The summed E-state index contributed by atoms with van der Waals surface area (Å²) in [5.74, 6) is 0. The first-order valence-corrected chi connectivity index (χ1v) is 8.42. The monoisotopic (exact) mass is 324 g/mol. The molecule has 2 aromatic heterocycles. The number of nitriles is 1. The summed E-state index contributed by atoms with van der Waals surface area (Å²) in [6.07, 6.45) is 1.15. The molecule has 0 spiro atoms. The molecular formula is C11H5ClN4O2S2. The molecule has 0 N–H and O–H groups in total. The van der Waals surface area contributed by atoms with E-state index in [1.54, 1.807) is 12.1 Å². The van der Waals surface area contributed by atoms with E-state index in [0.717, 1.165) is 21.1 Å². The number of hydrogen-bond acceptors (Lipinski definition) is 6. The number of thiazole rings is 1. The lowest BCUT2D eigenvalue weighted by molar-refractivity contribution is 0.599. The van der Waals surface area contributed by atoms with Crippen molar-refractivity contribution in [1.82, 2.24) is 14.8 Å². The van der Waals surface area contributed by atoms with Gasteiger partial charge in [-0.15, -0.1) is 0 Å². The Kier molecular flexibility index (Phi) is 2.97. The molecule has 0 radical (unpaired) electrons. The zero-order chi connectivity index (χ0) is 14.3. The van der Waals surface area contributed by atoms with Crippen molar-refractivity contribution in [2.24, 2.45) is 0 Å². The zero-order valence-electron chi connectivity index (χ0n) is 9.69. The summed E-state index contributed by atoms with van der Waals surface area (Å²) >= 11 is 1.26. The SMILES string of the molecule is N#Cc1cnn(-c2nc3ccccc3s2)c1S(=O)(=O)Cl. The fourth-order valence-corrected chi connectivity index (χ4v) is 3.87. The van der Waals surface area contributed by atoms with Crippen LogP contribution in [0.5, 0.6) is 0 Å². The highest BCUT2D eigenvalue weighted by Gasteiger charge is 2.25. The number of halogens is 1. The van der Waals surface area contributed by atoms with Gasteiger partial charge in [-0.1, -0.05) is 23.5 Å². The highest BCUT2D eigenvalue weighted by Crippen LogP contribution is 2.28. The molecule has 2 heterocycles. The summed E-state index contributed by atoms with van der Waals surface area (Å²) < 4.78 is 25.2. The molecule has 0 unspecified atom stereocenters. The maximum atomic E-state index is 11.6. The van der Waals surface area contributed by atoms with Crippen LogP contribution in [-0.4, -0.2) is 23.2 Å². The van der Waals surface area contributed by atoms with Gasteiger partial charge < -0.3 is 0 Å². The Labute approximate surface area is 122 Å². The van der Waals surface area contributed by atoms with Crippen LogP contribution in [0.4, 0.5) is 0 Å². The molecule has 9 heteroatoms. The van der Waals surface area contributed by atoms with Crippen molar-refractivity contribution in [2.45, 2.75) is 5.03 Å². The van der Waals surface area contributed by atoms with Crippen LogP contribution in [-0.2, 0) is 9.05 Å². The quantitative estimate of drug-likeness (QED) is 0.675. The molecule has 0 bridgehead atoms. The molecule has 20 heavy (non-hydrogen) atoms. The van der Waals surface area contributed by atoms with E-state index in [9.17, 15) is 8.42 Å². The molecule has 0 saturated heterocycles. The minimum absolute atomic E-state index is 0.112. The van der Waals surface area contributed by atoms with Crippen molar-refractivity contribution in [3.63, 3.8) is 0 Å². The van der Waals surface area contributed by atoms with Gasteiger partial charge in [0.1, 0.15) is 11.6 Å². The Balaban J connectivity index is 2.30. The number of benzene rings is 1. The van der Waals surface area contributed by atoms with Crippen molar-refractivity contribution in [3.8, 4) is 11.2 Å². The second kappa shape index (κ2) is 4.56. The third-order valence-corrected chi connectivity index (χ3v) is 4.85. The van der Waals surface area contributed by atoms with E-state index >= 15 is 0 Å². The number of para-hydroxylation sites is 1. The van der Waals surface area contributed by atoms with Crippen LogP contribution in [0.3, 0.4) is 0 Å². The number of nitrogens with zero attached hydrogens (tertiary/aromatic N) is 4. The second-order valence-electron chi connectivity index (χ2n) is 3.79. The first kappa shape index (κ1) is 13.1. The van der Waals surface area contributed by atoms with Gasteiger partial charge >= 0.3 is 0 Å². The van der Waals surface area contributed by atoms with Crippen LogP contribution in [0.15, 0.2) is 35.5 Å². The number of aromatic nitrogens is 3. The Hall–Kier alpha value is -1.95. The molecular weight excluding hydrogens is 320 g/mol. The number of fused-ring (bicyclic) bond motifs is 1. The molecule has 0 amide bonds. The standard InChI is InChI=1S/C11H5ClN4O2S2/c12-20(17,18)10-7(5-13)6-14-16(10)11-15-8-3-1-2-4-9(8)19-11/h1-4,6H. The molecule has 0 saturated carbocycles. The van der Waals surface area contributed by atoms with Crippen molar-refractivity contribution < 1.29 is 8.42 Å². The maximum absolute atomic E-state index is 11.6. The lowest BCUT2D eigenvalue weighted by Crippen LogP contribution is -2.05. The molecule has 0 aliphatic heterocycles. The zero-order valence-corrected chi connectivity index (χ0v) is 12.1. The molecule has 1 aromatic carbocycles. The summed E-state index contributed by atoms with van der Waals surface area (Å²) in [5, 5.41) is 12.8. The van der Waals surface area contributed by atoms with Crippen LogP contribution >= 0.6 is 22.0 Å². The van der Waals surface area contributed by atoms with Crippen molar-refractivity contribution >= 4 is 41.3 Å². The predicted molar refractivity (Wildman–Crippen MR) is 74.5 cm³/mol. The van der Waals surface area contributed by atoms with Gasteiger partial charge in [0.15, 0.2) is 5.03 Å². The molecule has 0 atom stereocenters. The topological polar surface area (TPSA) is 88.6 Å². The van der Waals surface area contributed by atoms with E-state index in [1.165, 1.54) is 11.3 Å². The molecule has 100 valence electrons. The lowest BCUT2D eigenvalue weighted by Gasteiger charge is -1.99. The lowest BCUT2D eigenvalue weighted by atomic mass is 10.3. The Morgan fingerprint density at radius 1 is 1.35 bits per heavy atom. The fraction of sp³-hybridized carbons (Fsp3) is 0. The summed E-state index contributed by atoms with van der Waals surface area (Å²) in [4.78, 5) is 4.29. The van der Waals surface area contributed by atoms with Gasteiger partial charge in [0.05, 0.1) is 16.4 Å². The van der Waals surface area contributed by atoms with Crippen LogP contribution in [0, 0.1) is 11.3 Å². The second-order valence-corrected chi connectivity index (χ2v) is 7.28. The third kappa shape index (κ3) is 2.06. The minimum Gasteiger partial charge on any atom is -0.218 e. The Morgan fingerprint density at radius 3 is 2.75 bits per heavy atom. The average molecular weight is 325 g/mol. The van der Waals surface area contributed by atoms with E-state index in [1.807, 2.05) is 18.2 Å². The normalized spacial score (nSPS) is 11.6. The molecule has 3 aromatic rings. The van der Waals surface area contributed by atoms with Crippen molar-refractivity contribution in [3.05, 3.63) is 36.0 Å². The molecule has 3 rings (SSSR count). The van der Waals surface area contributed by atoms with E-state index < -0.39 is 9.05 Å². The maximum Gasteiger partial charge on any atom is 0.280 e. The van der Waals surface area contributed by atoms with Crippen LogP contribution in [0.2, 0.25) is 0 Å². The largest absolute Gasteiger partial charge is 0.280 e. The molecule has 0 fully saturated rings. The highest BCUT2D eigenvalue weighted by atomic mass is 35.7. The van der Waals surface area contributed by atoms with Gasteiger partial charge in [-0.05, 0) is 12.1 Å². The van der Waals surface area contributed by atoms with Crippen LogP contribution in [0.25, 0.3) is 15.3 Å². The number of rotatable bonds is 2. The molecule has 0 aliphatic rings. The summed E-state index contributed by atoms with van der Waals surface area (Å²) in [6.45, 7) is 0. The Bertz CT molecular complexity index is 919. The highest BCUT2D eigenvalue weighted by molar-refractivity contribution is 8.13. The first-order valence-electron chi connectivity index (χ1n) is 5.29. The van der Waals surface area contributed by atoms with Gasteiger partial charge in [0.2, 0.25) is 5.13 Å². The van der Waals surface area contributed by atoms with Gasteiger partial charge in [0, 0.05) is 10.7 Å². The average Bonchev–Trinajstić information content (AvgIpc) is 3.01. The van der Waals surface area contributed by atoms with Gasteiger partial charge in [-0.25, -0.2) is 13.4 Å². The number of hydrogen-bond donors (Lipinski definition) is 0. The van der Waals surface area contributed by atoms with E-state index in [4.69, 9.17) is 15.9 Å². The summed E-state index contributed by atoms with van der Waals surface area (Å²) in [6, 6.07) is 9.10. The molecule has 6 nitrogen and oxygen atoms in total. The van der Waals surface area contributed by atoms with Crippen molar-refractivity contribution in [1.29, 1.82) is 5.26 Å². The van der Waals surface area contributed by atoms with E-state index in [-0.39, 0.29) is 10.6 Å². The fourth-order valence-electron chi connectivity index (χ4n) is 1.74. The van der Waals surface area contributed by atoms with Crippen molar-refractivity contribution in [2.75, 3.05) is 0 Å². The van der Waals surface area contributed by atoms with Gasteiger partial charge in [-0.3, -0.25) is 0 Å². The van der Waals surface area contributed by atoms with Crippen LogP contribution in [0.1, 0.15) is 5.56 Å². The van der Waals surface area contributed by atoms with E-state index in [0.29, 0.717) is 5.13 Å². The Morgan fingerprint density at radius 2 is 2.10 bits per heavy atom. The van der Waals surface area contributed by atoms with Crippen LogP contribution < -0.4 is 0 Å². The summed E-state index contributed by atoms with van der Waals surface area (Å²) in [7, 11) is 1.27. The predicted octanol–water partition coefficient (Wildman–Crippen LogP) is 2.28. The minimum atomic E-state index is -4.10. The van der Waals surface area contributed by atoms with Gasteiger partial charge in [0.25, 0.3) is 9.05 Å². The smallest absolute Gasteiger partial charge is 0.218 e. The summed E-state index contributed by atoms with van der Waals surface area (Å²) in [5.41, 5.74) is 0.610. The van der Waals surface area contributed by atoms with E-state index in [2.05, 4.69) is 10.1 Å². The molecule has 0 aliphatic carbocycles. The van der Waals surface area contributed by atoms with Gasteiger partial charge in [-0.2, -0.15) is 15.0 Å². The third-order valence-electron chi connectivity index (χ3n) is 2.54.